The molecule has 0 unspecified atom stereocenters. The first kappa shape index (κ1) is 56.9. The lowest BCUT2D eigenvalue weighted by molar-refractivity contribution is 0.00578. The Morgan fingerprint density at radius 2 is 0.689 bits per heavy atom. The standard InChI is InChI=1S/C38H27NO.C27H27BO3.C17H12ClN/c1-38(2)32-16-10-9-15-28(32)29-22-31-30-19-26(17-18-36(30)40-37(31)23-33(29)38)35-21-27(24-11-5-3-6-12-24)20-34(39-35)25-13-7-4-8-14-25;1-25(2)21-10-8-7-9-17(21)18-14-20-19-13-16(28-30-26(3,4)27(5,6)31-28)11-12-23(19)29-24(20)15-22(18)25;18-17-12-15(13-7-3-1-4-8-13)11-16(19-17)14-9-5-2-6-10-14/h3-23H,1-2H3;7-15H,1-6H3;1-12H. The average molecular weight is 1190 g/mol. The van der Waals surface area contributed by atoms with Crippen LogP contribution in [0.2, 0.25) is 5.15 Å². The molecule has 17 rings (SSSR count). The van der Waals surface area contributed by atoms with Crippen molar-refractivity contribution in [3.05, 3.63) is 282 Å². The average Bonchev–Trinajstić information content (AvgIpc) is 1.58. The van der Waals surface area contributed by atoms with E-state index in [1.54, 1.807) is 0 Å². The highest BCUT2D eigenvalue weighted by Crippen LogP contribution is 2.53. The minimum absolute atomic E-state index is 0.0348. The third-order valence-corrected chi connectivity index (χ3v) is 19.4. The van der Waals surface area contributed by atoms with Gasteiger partial charge in [0.15, 0.2) is 0 Å². The lowest BCUT2D eigenvalue weighted by atomic mass is 9.78. The molecule has 10 aromatic carbocycles. The molecule has 0 N–H and O–H groups in total. The molecule has 5 heterocycles. The molecular formula is C82H66BClN2O4. The van der Waals surface area contributed by atoms with Crippen LogP contribution in [0.15, 0.2) is 264 Å². The highest BCUT2D eigenvalue weighted by atomic mass is 35.5. The van der Waals surface area contributed by atoms with Crippen LogP contribution < -0.4 is 5.46 Å². The van der Waals surface area contributed by atoms with Gasteiger partial charge in [-0.25, -0.2) is 9.97 Å². The Morgan fingerprint density at radius 1 is 0.300 bits per heavy atom. The number of aromatic nitrogens is 2. The van der Waals surface area contributed by atoms with Gasteiger partial charge in [-0.05, 0) is 173 Å². The van der Waals surface area contributed by atoms with Crippen LogP contribution in [0.3, 0.4) is 0 Å². The SMILES string of the molecule is CC1(C)c2ccccc2-c2cc3c(cc21)oc1ccc(-c2cc(-c4ccccc4)cc(-c4ccccc4)n2)cc13.CC1(C)c2ccccc2-c2cc3c(cc21)oc1ccc(B2OC(C)(C)C(C)(C)O2)cc13.Clc1cc(-c2ccccc2)cc(-c2ccccc2)n1. The third kappa shape index (κ3) is 9.93. The van der Waals surface area contributed by atoms with Crippen LogP contribution in [-0.4, -0.2) is 28.3 Å². The Kier molecular flexibility index (Phi) is 13.8. The molecule has 1 fully saturated rings. The number of benzene rings is 10. The molecule has 90 heavy (non-hydrogen) atoms. The number of furan rings is 2. The molecule has 2 aliphatic carbocycles. The molecule has 438 valence electrons. The lowest BCUT2D eigenvalue weighted by Gasteiger charge is -2.32. The monoisotopic (exact) mass is 1190 g/mol. The molecule has 0 saturated carbocycles. The van der Waals surface area contributed by atoms with E-state index in [9.17, 15) is 0 Å². The largest absolute Gasteiger partial charge is 0.494 e. The Balaban J connectivity index is 0.000000120. The van der Waals surface area contributed by atoms with Crippen LogP contribution in [0.1, 0.15) is 77.6 Å². The van der Waals surface area contributed by atoms with Crippen molar-refractivity contribution in [3.8, 4) is 78.3 Å². The van der Waals surface area contributed by atoms with Crippen molar-refractivity contribution < 1.29 is 18.1 Å². The van der Waals surface area contributed by atoms with Crippen LogP contribution in [0.5, 0.6) is 0 Å². The first-order valence-electron chi connectivity index (χ1n) is 31.0. The number of rotatable bonds is 6. The lowest BCUT2D eigenvalue weighted by Crippen LogP contribution is -2.41. The first-order valence-corrected chi connectivity index (χ1v) is 31.3. The van der Waals surface area contributed by atoms with Crippen LogP contribution in [0.4, 0.5) is 0 Å². The summed E-state index contributed by atoms with van der Waals surface area (Å²) >= 11 is 6.14. The zero-order chi connectivity index (χ0) is 61.7. The Morgan fingerprint density at radius 3 is 1.18 bits per heavy atom. The fourth-order valence-corrected chi connectivity index (χ4v) is 13.7. The zero-order valence-electron chi connectivity index (χ0n) is 51.7. The predicted molar refractivity (Wildman–Crippen MR) is 373 cm³/mol. The maximum atomic E-state index is 6.43. The summed E-state index contributed by atoms with van der Waals surface area (Å²) in [7, 11) is -0.381. The van der Waals surface area contributed by atoms with Gasteiger partial charge in [-0.1, -0.05) is 221 Å². The molecule has 0 spiro atoms. The molecule has 3 aliphatic rings. The van der Waals surface area contributed by atoms with E-state index >= 15 is 0 Å². The zero-order valence-corrected chi connectivity index (χ0v) is 52.5. The smallest absolute Gasteiger partial charge is 0.456 e. The van der Waals surface area contributed by atoms with E-state index in [1.807, 2.05) is 66.7 Å². The van der Waals surface area contributed by atoms with Gasteiger partial charge in [-0.3, -0.25) is 0 Å². The molecule has 8 heteroatoms. The van der Waals surface area contributed by atoms with Gasteiger partial charge in [0.1, 0.15) is 27.5 Å². The van der Waals surface area contributed by atoms with E-state index in [0.717, 1.165) is 99.8 Å². The van der Waals surface area contributed by atoms with Crippen molar-refractivity contribution in [3.63, 3.8) is 0 Å². The van der Waals surface area contributed by atoms with E-state index in [2.05, 4.69) is 248 Å². The number of hydrogen-bond donors (Lipinski definition) is 0. The summed E-state index contributed by atoms with van der Waals surface area (Å²) in [5, 5.41) is 5.02. The van der Waals surface area contributed by atoms with Crippen molar-refractivity contribution in [2.24, 2.45) is 0 Å². The van der Waals surface area contributed by atoms with Gasteiger partial charge in [-0.2, -0.15) is 0 Å². The van der Waals surface area contributed by atoms with E-state index < -0.39 is 0 Å². The fraction of sp³-hybridized carbons (Fsp3) is 0.146. The molecule has 1 saturated heterocycles. The van der Waals surface area contributed by atoms with Crippen molar-refractivity contribution >= 4 is 68.1 Å². The van der Waals surface area contributed by atoms with Gasteiger partial charge in [0.25, 0.3) is 0 Å². The predicted octanol–water partition coefficient (Wildman–Crippen LogP) is 21.5. The third-order valence-electron chi connectivity index (χ3n) is 19.2. The fourth-order valence-electron chi connectivity index (χ4n) is 13.5. The summed E-state index contributed by atoms with van der Waals surface area (Å²) < 4.78 is 25.3. The second-order valence-electron chi connectivity index (χ2n) is 26.0. The Labute approximate surface area is 530 Å². The van der Waals surface area contributed by atoms with E-state index in [0.29, 0.717) is 5.15 Å². The van der Waals surface area contributed by atoms with Gasteiger partial charge >= 0.3 is 7.12 Å². The normalized spacial score (nSPS) is 15.2. The maximum absolute atomic E-state index is 6.43. The van der Waals surface area contributed by atoms with Gasteiger partial charge in [-0.15, -0.1) is 0 Å². The van der Waals surface area contributed by atoms with Crippen molar-refractivity contribution in [1.82, 2.24) is 9.97 Å². The summed E-state index contributed by atoms with van der Waals surface area (Å²) in [6.07, 6.45) is 0. The van der Waals surface area contributed by atoms with Crippen LogP contribution in [-0.2, 0) is 20.1 Å². The summed E-state index contributed by atoms with van der Waals surface area (Å²) in [5.41, 5.74) is 25.1. The van der Waals surface area contributed by atoms with Crippen LogP contribution >= 0.6 is 11.6 Å². The highest BCUT2D eigenvalue weighted by molar-refractivity contribution is 6.62. The van der Waals surface area contributed by atoms with Gasteiger partial charge in [0, 0.05) is 49.1 Å². The molecule has 0 bridgehead atoms. The Bertz CT molecular complexity index is 4960. The summed E-state index contributed by atoms with van der Waals surface area (Å²) in [4.78, 5) is 9.54. The van der Waals surface area contributed by atoms with E-state index in [1.165, 1.54) is 50.1 Å². The first-order chi connectivity index (χ1) is 43.5. The molecule has 0 atom stereocenters. The molecular weight excluding hydrogens is 1120 g/mol. The number of fused-ring (bicyclic) bond motifs is 12. The Hall–Kier alpha value is -9.63. The molecule has 0 radical (unpaired) electrons. The van der Waals surface area contributed by atoms with E-state index in [4.69, 9.17) is 34.7 Å². The van der Waals surface area contributed by atoms with Crippen molar-refractivity contribution in [1.29, 1.82) is 0 Å². The molecule has 1 aliphatic heterocycles. The number of pyridine rings is 2. The quantitative estimate of drug-likeness (QED) is 0.122. The number of halogens is 1. The van der Waals surface area contributed by atoms with E-state index in [-0.39, 0.29) is 29.2 Å². The summed E-state index contributed by atoms with van der Waals surface area (Å²) in [5.74, 6) is 0. The highest BCUT2D eigenvalue weighted by Gasteiger charge is 2.52. The van der Waals surface area contributed by atoms with Gasteiger partial charge in [0.2, 0.25) is 0 Å². The minimum Gasteiger partial charge on any atom is -0.456 e. The molecule has 14 aromatic rings. The van der Waals surface area contributed by atoms with Crippen LogP contribution in [0, 0.1) is 0 Å². The second kappa shape index (κ2) is 21.9. The van der Waals surface area contributed by atoms with Gasteiger partial charge < -0.3 is 18.1 Å². The summed E-state index contributed by atoms with van der Waals surface area (Å²) in [6, 6.07) is 88.9. The number of hydrogen-bond acceptors (Lipinski definition) is 6. The van der Waals surface area contributed by atoms with Crippen molar-refractivity contribution in [2.45, 2.75) is 77.4 Å². The minimum atomic E-state index is -0.381. The summed E-state index contributed by atoms with van der Waals surface area (Å²) in [6.45, 7) is 17.5. The van der Waals surface area contributed by atoms with Crippen molar-refractivity contribution in [2.75, 3.05) is 0 Å². The second-order valence-corrected chi connectivity index (χ2v) is 26.4. The molecule has 4 aromatic heterocycles. The molecule has 6 nitrogen and oxygen atoms in total. The topological polar surface area (TPSA) is 70.5 Å². The van der Waals surface area contributed by atoms with Gasteiger partial charge in [0.05, 0.1) is 28.3 Å². The number of nitrogens with zero attached hydrogens (tertiary/aromatic N) is 2. The molecule has 0 amide bonds. The maximum Gasteiger partial charge on any atom is 0.494 e. The van der Waals surface area contributed by atoms with Crippen LogP contribution in [0.25, 0.3) is 122 Å².